The summed E-state index contributed by atoms with van der Waals surface area (Å²) >= 11 is 0. The number of phenolic OH excluding ortho intramolecular Hbond substituents is 1. The average molecular weight is 618 g/mol. The van der Waals surface area contributed by atoms with Crippen molar-refractivity contribution in [3.05, 3.63) is 75.3 Å². The van der Waals surface area contributed by atoms with E-state index in [1.165, 1.54) is 44.1 Å². The molecule has 14 heteroatoms. The van der Waals surface area contributed by atoms with Crippen molar-refractivity contribution < 1.29 is 53.1 Å². The van der Waals surface area contributed by atoms with E-state index in [-0.39, 0.29) is 34.4 Å². The van der Waals surface area contributed by atoms with E-state index in [2.05, 4.69) is 0 Å². The molecule has 5 rings (SSSR count). The number of nitrogens with zero attached hydrogens (tertiary/aromatic N) is 1. The summed E-state index contributed by atoms with van der Waals surface area (Å²) in [4.78, 5) is 41.2. The van der Waals surface area contributed by atoms with Gasteiger partial charge in [0.05, 0.1) is 29.2 Å². The second-order valence-corrected chi connectivity index (χ2v) is 11.6. The van der Waals surface area contributed by atoms with Crippen molar-refractivity contribution in [2.24, 2.45) is 23.3 Å². The summed E-state index contributed by atoms with van der Waals surface area (Å²) in [5.41, 5.74) is 5.74. The fourth-order valence-electron chi connectivity index (χ4n) is 7.06. The van der Waals surface area contributed by atoms with E-state index in [4.69, 9.17) is 11.5 Å². The molecular formula is C30H30F3N3O8. The molecule has 0 spiro atoms. The van der Waals surface area contributed by atoms with Crippen LogP contribution in [0.25, 0.3) is 11.1 Å². The van der Waals surface area contributed by atoms with Crippen LogP contribution < -0.4 is 11.5 Å². The number of alkyl halides is 3. The highest BCUT2D eigenvalue weighted by molar-refractivity contribution is 6.25. The number of fused-ring (bicyclic) bond motifs is 3. The summed E-state index contributed by atoms with van der Waals surface area (Å²) < 4.78 is 39.8. The molecular weight excluding hydrogens is 587 g/mol. The molecule has 234 valence electrons. The molecule has 6 atom stereocenters. The maximum atomic E-state index is 14.2. The molecule has 1 unspecified atom stereocenters. The Bertz CT molecular complexity index is 1680. The third-order valence-corrected chi connectivity index (χ3v) is 9.05. The Morgan fingerprint density at radius 3 is 2.18 bits per heavy atom. The monoisotopic (exact) mass is 617 g/mol. The Hall–Kier alpha value is -4.24. The minimum absolute atomic E-state index is 0.0379. The molecule has 0 saturated heterocycles. The lowest BCUT2D eigenvalue weighted by molar-refractivity contribution is -0.162. The van der Waals surface area contributed by atoms with E-state index in [1.54, 1.807) is 0 Å². The van der Waals surface area contributed by atoms with Gasteiger partial charge in [-0.2, -0.15) is 13.2 Å². The van der Waals surface area contributed by atoms with Gasteiger partial charge in [0, 0.05) is 23.6 Å². The number of Topliss-reactive ketones (excluding diaryl/α,β-unsaturated/α-hetero) is 2. The number of primary amides is 1. The van der Waals surface area contributed by atoms with Gasteiger partial charge in [0.1, 0.15) is 22.8 Å². The number of aliphatic hydroxyl groups is 4. The van der Waals surface area contributed by atoms with E-state index in [1.807, 2.05) is 0 Å². The molecule has 1 amide bonds. The number of aliphatic hydroxyl groups excluding tert-OH is 3. The van der Waals surface area contributed by atoms with Crippen LogP contribution in [-0.4, -0.2) is 79.7 Å². The number of benzene rings is 2. The molecule has 44 heavy (non-hydrogen) atoms. The van der Waals surface area contributed by atoms with E-state index in [0.29, 0.717) is 0 Å². The minimum atomic E-state index is -4.62. The zero-order valence-electron chi connectivity index (χ0n) is 23.7. The van der Waals surface area contributed by atoms with Crippen LogP contribution >= 0.6 is 0 Å². The van der Waals surface area contributed by atoms with Crippen LogP contribution in [0.3, 0.4) is 0 Å². The number of halogens is 3. The first kappa shape index (κ1) is 31.2. The Morgan fingerprint density at radius 1 is 1.09 bits per heavy atom. The van der Waals surface area contributed by atoms with E-state index in [9.17, 15) is 53.1 Å². The molecule has 11 nitrogen and oxygen atoms in total. The van der Waals surface area contributed by atoms with Crippen molar-refractivity contribution in [2.75, 3.05) is 14.1 Å². The van der Waals surface area contributed by atoms with Gasteiger partial charge in [0.2, 0.25) is 5.78 Å². The summed E-state index contributed by atoms with van der Waals surface area (Å²) in [6.45, 7) is 1.23. The van der Waals surface area contributed by atoms with Gasteiger partial charge in [-0.15, -0.1) is 0 Å². The fourth-order valence-corrected chi connectivity index (χ4v) is 7.06. The molecule has 0 radical (unpaired) electrons. The smallest absolute Gasteiger partial charge is 0.416 e. The maximum absolute atomic E-state index is 14.2. The van der Waals surface area contributed by atoms with E-state index < -0.39 is 93.1 Å². The van der Waals surface area contributed by atoms with E-state index in [0.717, 1.165) is 12.1 Å². The van der Waals surface area contributed by atoms with Crippen molar-refractivity contribution in [2.45, 2.75) is 43.3 Å². The van der Waals surface area contributed by atoms with Crippen LogP contribution in [-0.2, 0) is 22.3 Å². The number of likely N-dealkylation sites (N-methyl/N-ethyl adjacent to an activating group) is 1. The van der Waals surface area contributed by atoms with Gasteiger partial charge in [-0.05, 0) is 54.9 Å². The van der Waals surface area contributed by atoms with Gasteiger partial charge >= 0.3 is 6.18 Å². The average Bonchev–Trinajstić information content (AvgIpc) is 2.94. The molecule has 0 heterocycles. The van der Waals surface area contributed by atoms with Crippen LogP contribution in [0.15, 0.2) is 53.0 Å². The Balaban J connectivity index is 1.81. The summed E-state index contributed by atoms with van der Waals surface area (Å²) in [6, 6.07) is 4.04. The number of ketones is 2. The van der Waals surface area contributed by atoms with Crippen molar-refractivity contribution in [1.29, 1.82) is 0 Å². The third-order valence-electron chi connectivity index (χ3n) is 9.05. The highest BCUT2D eigenvalue weighted by Crippen LogP contribution is 2.57. The van der Waals surface area contributed by atoms with Gasteiger partial charge in [0.25, 0.3) is 5.91 Å². The highest BCUT2D eigenvalue weighted by atomic mass is 19.4. The lowest BCUT2D eigenvalue weighted by atomic mass is 9.54. The summed E-state index contributed by atoms with van der Waals surface area (Å²) in [5.74, 6) is -10.7. The topological polar surface area (TPSA) is 208 Å². The number of amides is 1. The van der Waals surface area contributed by atoms with Crippen LogP contribution in [0.4, 0.5) is 13.2 Å². The summed E-state index contributed by atoms with van der Waals surface area (Å²) in [6.07, 6.45) is -6.45. The summed E-state index contributed by atoms with van der Waals surface area (Å²) in [7, 11) is 2.83. The van der Waals surface area contributed by atoms with Crippen LogP contribution in [0.2, 0.25) is 0 Å². The lowest BCUT2D eigenvalue weighted by Crippen LogP contribution is -2.68. The molecule has 9 N–H and O–H groups in total. The zero-order valence-corrected chi connectivity index (χ0v) is 23.7. The van der Waals surface area contributed by atoms with Gasteiger partial charge in [-0.25, -0.2) is 0 Å². The van der Waals surface area contributed by atoms with Gasteiger partial charge in [0.15, 0.2) is 11.4 Å². The maximum Gasteiger partial charge on any atom is 0.416 e. The summed E-state index contributed by atoms with van der Waals surface area (Å²) in [5, 5.41) is 57.3. The number of carbonyl (C=O) groups is 3. The first-order chi connectivity index (χ1) is 20.4. The van der Waals surface area contributed by atoms with Crippen LogP contribution in [0.5, 0.6) is 5.75 Å². The zero-order chi connectivity index (χ0) is 32.8. The number of carbonyl (C=O) groups excluding carboxylic acids is 3. The molecule has 0 aliphatic heterocycles. The first-order valence-corrected chi connectivity index (χ1v) is 13.5. The Kier molecular flexibility index (Phi) is 7.20. The highest BCUT2D eigenvalue weighted by Gasteiger charge is 2.67. The second kappa shape index (κ2) is 10.2. The SMILES string of the molecule is CC1c2c(-c3ccc(C(F)(F)F)cc3)cc(CN)c(O)c2C(=O)C2=C(O)[C@]3(O)C(=O)C(C(N)=O)=C(O)[C@@H](N(C)C)[C@@H]3[C@@H](O)[C@@H]21. The largest absolute Gasteiger partial charge is 0.510 e. The first-order valence-electron chi connectivity index (χ1n) is 13.5. The molecule has 0 bridgehead atoms. The third kappa shape index (κ3) is 4.09. The molecule has 3 aliphatic rings. The van der Waals surface area contributed by atoms with Crippen molar-refractivity contribution in [1.82, 2.24) is 4.90 Å². The predicted molar refractivity (Wildman–Crippen MR) is 148 cm³/mol. The Labute approximate surface area is 248 Å². The molecule has 0 saturated carbocycles. The number of nitrogens with two attached hydrogens (primary N) is 2. The molecule has 3 aliphatic carbocycles. The second-order valence-electron chi connectivity index (χ2n) is 11.6. The minimum Gasteiger partial charge on any atom is -0.510 e. The predicted octanol–water partition coefficient (Wildman–Crippen LogP) is 1.80. The van der Waals surface area contributed by atoms with Crippen molar-refractivity contribution >= 4 is 17.5 Å². The lowest BCUT2D eigenvalue weighted by Gasteiger charge is -2.53. The molecule has 0 aromatic heterocycles. The number of hydrogen-bond donors (Lipinski definition) is 7. The van der Waals surface area contributed by atoms with Gasteiger partial charge in [-0.3, -0.25) is 19.3 Å². The van der Waals surface area contributed by atoms with Crippen LogP contribution in [0.1, 0.15) is 39.9 Å². The molecule has 0 fully saturated rings. The molecule has 2 aromatic carbocycles. The normalized spacial score (nSPS) is 28.6. The van der Waals surface area contributed by atoms with Gasteiger partial charge < -0.3 is 37.0 Å². The van der Waals surface area contributed by atoms with Crippen molar-refractivity contribution in [3.8, 4) is 16.9 Å². The number of rotatable bonds is 4. The van der Waals surface area contributed by atoms with Crippen LogP contribution in [0, 0.1) is 11.8 Å². The van der Waals surface area contributed by atoms with E-state index >= 15 is 0 Å². The number of hydrogen-bond acceptors (Lipinski definition) is 10. The molecule has 2 aromatic rings. The standard InChI is InChI=1S/C30H30F3N3O8/c1-10-15-14(11-4-6-13(7-5-11)30(31,32)33)8-12(9-34)22(37)17(15)23(38)18-16(10)24(39)20-21(36(2)3)25(40)19(28(35)43)27(42)29(20,44)26(18)41/h4-8,10,16,20-21,24,37,39-41,44H,9,34H2,1-3H3,(H2,35,43)/t10?,16-,20-,21+,24+,29+/m1/s1. The quantitative estimate of drug-likeness (QED) is 0.248. The Morgan fingerprint density at radius 2 is 1.68 bits per heavy atom. The number of phenols is 1. The van der Waals surface area contributed by atoms with Gasteiger partial charge in [-0.1, -0.05) is 19.1 Å². The fraction of sp³-hybridized carbons (Fsp3) is 0.367. The number of aromatic hydroxyl groups is 1. The van der Waals surface area contributed by atoms with Crippen molar-refractivity contribution in [3.63, 3.8) is 0 Å².